The molecule has 118 valence electrons. The molecule has 2 N–H and O–H groups in total. The van der Waals surface area contributed by atoms with E-state index in [0.717, 1.165) is 6.07 Å². The first-order valence-electron chi connectivity index (χ1n) is 6.43. The summed E-state index contributed by atoms with van der Waals surface area (Å²) in [5.41, 5.74) is 3.69. The number of aryl methyl sites for hydroxylation is 1. The van der Waals surface area contributed by atoms with Gasteiger partial charge in [0, 0.05) is 5.56 Å². The van der Waals surface area contributed by atoms with Gasteiger partial charge in [0.2, 0.25) is 0 Å². The molecule has 0 aliphatic carbocycles. The molecule has 1 aromatic heterocycles. The van der Waals surface area contributed by atoms with Crippen LogP contribution in [0.4, 0.5) is 19.0 Å². The van der Waals surface area contributed by atoms with Gasteiger partial charge in [0.25, 0.3) is 5.91 Å². The van der Waals surface area contributed by atoms with Gasteiger partial charge in [0.05, 0.1) is 5.56 Å². The fourth-order valence-electron chi connectivity index (χ4n) is 1.83. The van der Waals surface area contributed by atoms with Crippen LogP contribution in [0.2, 0.25) is 0 Å². The number of nitriles is 1. The lowest BCUT2D eigenvalue weighted by Gasteiger charge is -2.14. The van der Waals surface area contributed by atoms with Crippen LogP contribution in [0.3, 0.4) is 0 Å². The highest BCUT2D eigenvalue weighted by Crippen LogP contribution is 2.30. The number of anilines is 1. The summed E-state index contributed by atoms with van der Waals surface area (Å²) in [6.45, 7) is 1.36. The van der Waals surface area contributed by atoms with Crippen molar-refractivity contribution in [2.45, 2.75) is 13.1 Å². The monoisotopic (exact) mass is 320 g/mol. The SMILES string of the molecule is Cc1cc(C(F)(F)F)nc(NNC(=O)c2ccccc2)c1C#N. The van der Waals surface area contributed by atoms with Gasteiger partial charge in [-0.2, -0.15) is 18.4 Å². The normalized spacial score (nSPS) is 10.7. The number of nitrogens with zero attached hydrogens (tertiary/aromatic N) is 2. The summed E-state index contributed by atoms with van der Waals surface area (Å²) in [5.74, 6) is -0.921. The molecule has 0 atom stereocenters. The fraction of sp³-hybridized carbons (Fsp3) is 0.133. The average molecular weight is 320 g/mol. The number of hydrazine groups is 1. The topological polar surface area (TPSA) is 77.8 Å². The molecule has 0 radical (unpaired) electrons. The zero-order valence-electron chi connectivity index (χ0n) is 11.9. The summed E-state index contributed by atoms with van der Waals surface area (Å²) < 4.78 is 38.4. The first-order valence-corrected chi connectivity index (χ1v) is 6.43. The van der Waals surface area contributed by atoms with Gasteiger partial charge in [-0.15, -0.1) is 0 Å². The standard InChI is InChI=1S/C15H11F3N4O/c1-9-7-12(15(16,17)18)20-13(11(9)8-19)21-22-14(23)10-5-3-2-4-6-10/h2-7H,1H3,(H,20,21)(H,22,23). The van der Waals surface area contributed by atoms with E-state index in [0.29, 0.717) is 5.56 Å². The van der Waals surface area contributed by atoms with E-state index in [1.165, 1.54) is 19.1 Å². The van der Waals surface area contributed by atoms with Gasteiger partial charge in [-0.05, 0) is 30.7 Å². The van der Waals surface area contributed by atoms with Crippen molar-refractivity contribution >= 4 is 11.7 Å². The molecular formula is C15H11F3N4O. The molecule has 5 nitrogen and oxygen atoms in total. The van der Waals surface area contributed by atoms with Crippen molar-refractivity contribution < 1.29 is 18.0 Å². The van der Waals surface area contributed by atoms with E-state index < -0.39 is 17.8 Å². The molecule has 0 bridgehead atoms. The van der Waals surface area contributed by atoms with Crippen molar-refractivity contribution in [1.29, 1.82) is 5.26 Å². The Morgan fingerprint density at radius 2 is 1.91 bits per heavy atom. The van der Waals surface area contributed by atoms with Crippen LogP contribution < -0.4 is 10.9 Å². The van der Waals surface area contributed by atoms with Crippen LogP contribution in [0.5, 0.6) is 0 Å². The van der Waals surface area contributed by atoms with Crippen molar-refractivity contribution in [3.63, 3.8) is 0 Å². The molecule has 0 saturated heterocycles. The Kier molecular flexibility index (Phi) is 4.50. The van der Waals surface area contributed by atoms with Crippen molar-refractivity contribution in [3.8, 4) is 6.07 Å². The van der Waals surface area contributed by atoms with Crippen LogP contribution in [0.25, 0.3) is 0 Å². The van der Waals surface area contributed by atoms with Crippen LogP contribution in [-0.4, -0.2) is 10.9 Å². The Morgan fingerprint density at radius 3 is 2.48 bits per heavy atom. The third-order valence-corrected chi connectivity index (χ3v) is 2.95. The Hall–Kier alpha value is -3.08. The van der Waals surface area contributed by atoms with Crippen LogP contribution in [0.15, 0.2) is 36.4 Å². The third-order valence-electron chi connectivity index (χ3n) is 2.95. The summed E-state index contributed by atoms with van der Waals surface area (Å²) in [6, 6.07) is 10.6. The number of rotatable bonds is 3. The van der Waals surface area contributed by atoms with Gasteiger partial charge in [-0.3, -0.25) is 15.6 Å². The Bertz CT molecular complexity index is 767. The van der Waals surface area contributed by atoms with E-state index in [-0.39, 0.29) is 16.9 Å². The molecule has 0 aliphatic rings. The van der Waals surface area contributed by atoms with Crippen LogP contribution in [-0.2, 0) is 6.18 Å². The number of hydrogen-bond acceptors (Lipinski definition) is 4. The van der Waals surface area contributed by atoms with Crippen LogP contribution >= 0.6 is 0 Å². The number of aromatic nitrogens is 1. The van der Waals surface area contributed by atoms with E-state index in [1.807, 2.05) is 0 Å². The molecule has 0 spiro atoms. The van der Waals surface area contributed by atoms with Crippen molar-refractivity contribution in [1.82, 2.24) is 10.4 Å². The summed E-state index contributed by atoms with van der Waals surface area (Å²) in [4.78, 5) is 15.2. The lowest BCUT2D eigenvalue weighted by molar-refractivity contribution is -0.141. The predicted octanol–water partition coefficient (Wildman–Crippen LogP) is 3.04. The molecule has 0 unspecified atom stereocenters. The van der Waals surface area contributed by atoms with Gasteiger partial charge in [-0.25, -0.2) is 4.98 Å². The maximum absolute atomic E-state index is 12.8. The number of amides is 1. The molecule has 0 aliphatic heterocycles. The van der Waals surface area contributed by atoms with Gasteiger partial charge < -0.3 is 0 Å². The number of pyridine rings is 1. The fourth-order valence-corrected chi connectivity index (χ4v) is 1.83. The highest BCUT2D eigenvalue weighted by molar-refractivity contribution is 5.94. The second kappa shape index (κ2) is 6.36. The Balaban J connectivity index is 2.27. The van der Waals surface area contributed by atoms with Crippen LogP contribution in [0, 0.1) is 18.3 Å². The number of alkyl halides is 3. The average Bonchev–Trinajstić information content (AvgIpc) is 2.52. The number of halogens is 3. The van der Waals surface area contributed by atoms with Crippen molar-refractivity contribution in [2.24, 2.45) is 0 Å². The van der Waals surface area contributed by atoms with Crippen molar-refractivity contribution in [2.75, 3.05) is 5.43 Å². The van der Waals surface area contributed by atoms with Gasteiger partial charge in [0.1, 0.15) is 11.8 Å². The van der Waals surface area contributed by atoms with E-state index in [4.69, 9.17) is 5.26 Å². The van der Waals surface area contributed by atoms with E-state index >= 15 is 0 Å². The molecule has 2 rings (SSSR count). The van der Waals surface area contributed by atoms with Crippen LogP contribution in [0.1, 0.15) is 27.2 Å². The van der Waals surface area contributed by atoms with E-state index in [1.54, 1.807) is 24.3 Å². The first kappa shape index (κ1) is 16.3. The minimum atomic E-state index is -4.65. The third kappa shape index (κ3) is 3.77. The maximum Gasteiger partial charge on any atom is 0.433 e. The number of carbonyl (C=O) groups excluding carboxylic acids is 1. The summed E-state index contributed by atoms with van der Waals surface area (Å²) >= 11 is 0. The lowest BCUT2D eigenvalue weighted by Crippen LogP contribution is -2.30. The first-order chi connectivity index (χ1) is 10.8. The molecule has 1 amide bonds. The second-order valence-electron chi connectivity index (χ2n) is 4.60. The minimum absolute atomic E-state index is 0.0774. The van der Waals surface area contributed by atoms with Crippen molar-refractivity contribution in [3.05, 3.63) is 58.8 Å². The minimum Gasteiger partial charge on any atom is -0.280 e. The zero-order valence-corrected chi connectivity index (χ0v) is 11.9. The second-order valence-corrected chi connectivity index (χ2v) is 4.60. The van der Waals surface area contributed by atoms with Gasteiger partial charge in [-0.1, -0.05) is 18.2 Å². The molecule has 8 heteroatoms. The summed E-state index contributed by atoms with van der Waals surface area (Å²) in [6.07, 6.45) is -4.65. The van der Waals surface area contributed by atoms with E-state index in [9.17, 15) is 18.0 Å². The number of nitrogens with one attached hydrogen (secondary N) is 2. The molecular weight excluding hydrogens is 309 g/mol. The smallest absolute Gasteiger partial charge is 0.280 e. The Labute approximate surface area is 129 Å². The van der Waals surface area contributed by atoms with E-state index in [2.05, 4.69) is 15.8 Å². The number of carbonyl (C=O) groups is 1. The van der Waals surface area contributed by atoms with Gasteiger partial charge >= 0.3 is 6.18 Å². The van der Waals surface area contributed by atoms with Gasteiger partial charge in [0.15, 0.2) is 5.82 Å². The molecule has 23 heavy (non-hydrogen) atoms. The highest BCUT2D eigenvalue weighted by Gasteiger charge is 2.34. The predicted molar refractivity (Wildman–Crippen MR) is 76.2 cm³/mol. The zero-order chi connectivity index (χ0) is 17.0. The molecule has 0 fully saturated rings. The highest BCUT2D eigenvalue weighted by atomic mass is 19.4. The lowest BCUT2D eigenvalue weighted by atomic mass is 10.1. The number of hydrogen-bond donors (Lipinski definition) is 2. The largest absolute Gasteiger partial charge is 0.433 e. The molecule has 1 aromatic carbocycles. The molecule has 0 saturated carbocycles. The quantitative estimate of drug-likeness (QED) is 0.852. The Morgan fingerprint density at radius 1 is 1.26 bits per heavy atom. The molecule has 2 aromatic rings. The molecule has 1 heterocycles. The number of benzene rings is 1. The summed E-state index contributed by atoms with van der Waals surface area (Å²) in [7, 11) is 0. The summed E-state index contributed by atoms with van der Waals surface area (Å²) in [5, 5.41) is 9.05. The maximum atomic E-state index is 12.8.